The van der Waals surface area contributed by atoms with E-state index in [1.54, 1.807) is 42.2 Å². The molecule has 3 rings (SSSR count). The zero-order valence-corrected chi connectivity index (χ0v) is 16.4. The highest BCUT2D eigenvalue weighted by molar-refractivity contribution is 7.98. The molecule has 1 aromatic heterocycles. The van der Waals surface area contributed by atoms with E-state index in [1.807, 2.05) is 25.1 Å². The number of phenolic OH excluding ortho intramolecular Hbond substituents is 1. The second kappa shape index (κ2) is 10.3. The second-order valence-electron chi connectivity index (χ2n) is 5.94. The van der Waals surface area contributed by atoms with Gasteiger partial charge < -0.3 is 9.84 Å². The fourth-order valence-electron chi connectivity index (χ4n) is 2.31. The minimum atomic E-state index is 0.112. The lowest BCUT2D eigenvalue weighted by molar-refractivity contribution is 0.315. The number of thioether (sulfide) groups is 1. The maximum absolute atomic E-state index is 10.1. The van der Waals surface area contributed by atoms with Crippen LogP contribution in [0.2, 0.25) is 0 Å². The minimum absolute atomic E-state index is 0.112. The Morgan fingerprint density at radius 2 is 2.04 bits per heavy atom. The van der Waals surface area contributed by atoms with Crippen LogP contribution in [-0.4, -0.2) is 27.9 Å². The first-order valence-corrected chi connectivity index (χ1v) is 9.98. The number of aromatic hydroxyl groups is 1. The van der Waals surface area contributed by atoms with Gasteiger partial charge in [0.05, 0.1) is 12.8 Å². The Balaban J connectivity index is 1.57. The molecule has 6 nitrogen and oxygen atoms in total. The van der Waals surface area contributed by atoms with Gasteiger partial charge in [-0.1, -0.05) is 49.0 Å². The van der Waals surface area contributed by atoms with Gasteiger partial charge in [-0.05, 0) is 24.1 Å². The summed E-state index contributed by atoms with van der Waals surface area (Å²) in [4.78, 5) is 8.71. The minimum Gasteiger partial charge on any atom is -0.507 e. The molecule has 2 N–H and O–H groups in total. The van der Waals surface area contributed by atoms with E-state index in [9.17, 15) is 5.11 Å². The van der Waals surface area contributed by atoms with Crippen molar-refractivity contribution >= 4 is 23.8 Å². The van der Waals surface area contributed by atoms with Crippen LogP contribution in [0.4, 0.5) is 5.82 Å². The van der Waals surface area contributed by atoms with Gasteiger partial charge in [0.2, 0.25) is 0 Å². The van der Waals surface area contributed by atoms with Gasteiger partial charge in [-0.3, -0.25) is 5.43 Å². The van der Waals surface area contributed by atoms with Gasteiger partial charge in [0.1, 0.15) is 11.5 Å². The largest absolute Gasteiger partial charge is 0.507 e. The molecule has 0 unspecified atom stereocenters. The molecule has 0 bridgehead atoms. The van der Waals surface area contributed by atoms with E-state index in [-0.39, 0.29) is 5.75 Å². The molecule has 0 amide bonds. The number of phenols is 1. The molecule has 0 fully saturated rings. The summed E-state index contributed by atoms with van der Waals surface area (Å²) in [5.41, 5.74) is 4.67. The van der Waals surface area contributed by atoms with Gasteiger partial charge in [-0.15, -0.1) is 0 Å². The number of rotatable bonds is 9. The molecule has 0 radical (unpaired) electrons. The zero-order valence-electron chi connectivity index (χ0n) is 15.6. The van der Waals surface area contributed by atoms with Crippen LogP contribution in [0.15, 0.2) is 71.1 Å². The monoisotopic (exact) mass is 394 g/mol. The molecule has 7 heteroatoms. The number of ether oxygens (including phenoxy) is 1. The van der Waals surface area contributed by atoms with Gasteiger partial charge in [0, 0.05) is 29.6 Å². The number of hydrogen-bond acceptors (Lipinski definition) is 7. The molecule has 0 saturated carbocycles. The van der Waals surface area contributed by atoms with Crippen LogP contribution in [-0.2, 0) is 5.75 Å². The number of hydrogen-bond donors (Lipinski definition) is 2. The van der Waals surface area contributed by atoms with Crippen molar-refractivity contribution in [3.05, 3.63) is 71.9 Å². The standard InChI is InChI=1S/C21H22N4O2S/c1-2-12-27-18-9-8-17(19(26)13-18)14-23-25-20-10-11-22-21(24-20)28-15-16-6-4-3-5-7-16/h3-11,13-14,26H,2,12,15H2,1H3,(H,22,24,25)/b23-14-. The Labute approximate surface area is 168 Å². The van der Waals surface area contributed by atoms with Crippen LogP contribution in [0, 0.1) is 0 Å². The number of hydrazone groups is 1. The quantitative estimate of drug-likeness (QED) is 0.237. The highest BCUT2D eigenvalue weighted by Crippen LogP contribution is 2.23. The molecule has 144 valence electrons. The van der Waals surface area contributed by atoms with Crippen molar-refractivity contribution < 1.29 is 9.84 Å². The molecule has 1 heterocycles. The van der Waals surface area contributed by atoms with Gasteiger partial charge in [0.15, 0.2) is 11.0 Å². The second-order valence-corrected chi connectivity index (χ2v) is 6.88. The summed E-state index contributed by atoms with van der Waals surface area (Å²) < 4.78 is 5.49. The van der Waals surface area contributed by atoms with Gasteiger partial charge >= 0.3 is 0 Å². The molecule has 0 saturated heterocycles. The van der Waals surface area contributed by atoms with E-state index in [0.29, 0.717) is 28.9 Å². The lowest BCUT2D eigenvalue weighted by atomic mass is 10.2. The molecular weight excluding hydrogens is 372 g/mol. The van der Waals surface area contributed by atoms with Crippen molar-refractivity contribution in [2.24, 2.45) is 5.10 Å². The topological polar surface area (TPSA) is 79.6 Å². The number of nitrogens with zero attached hydrogens (tertiary/aromatic N) is 3. The molecule has 0 aliphatic carbocycles. The molecule has 0 atom stereocenters. The normalized spacial score (nSPS) is 10.9. The third-order valence-electron chi connectivity index (χ3n) is 3.70. The summed E-state index contributed by atoms with van der Waals surface area (Å²) >= 11 is 1.56. The predicted octanol–water partition coefficient (Wildman–Crippen LogP) is 4.71. The van der Waals surface area contributed by atoms with Crippen LogP contribution >= 0.6 is 11.8 Å². The van der Waals surface area contributed by atoms with Crippen LogP contribution < -0.4 is 10.2 Å². The lowest BCUT2D eigenvalue weighted by Gasteiger charge is -2.06. The summed E-state index contributed by atoms with van der Waals surface area (Å²) in [6, 6.07) is 17.1. The highest BCUT2D eigenvalue weighted by Gasteiger charge is 2.03. The fourth-order valence-corrected chi connectivity index (χ4v) is 3.09. The van der Waals surface area contributed by atoms with E-state index in [1.165, 1.54) is 11.8 Å². The Kier molecular flexibility index (Phi) is 7.26. The Morgan fingerprint density at radius 1 is 1.18 bits per heavy atom. The van der Waals surface area contributed by atoms with Gasteiger partial charge in [-0.25, -0.2) is 9.97 Å². The first-order chi connectivity index (χ1) is 13.7. The van der Waals surface area contributed by atoms with Crippen LogP contribution in [0.3, 0.4) is 0 Å². The average molecular weight is 395 g/mol. The number of nitrogens with one attached hydrogen (secondary N) is 1. The molecule has 0 aliphatic rings. The van der Waals surface area contributed by atoms with E-state index in [2.05, 4.69) is 32.6 Å². The summed E-state index contributed by atoms with van der Waals surface area (Å²) in [6.45, 7) is 2.65. The third-order valence-corrected chi connectivity index (χ3v) is 4.63. The zero-order chi connectivity index (χ0) is 19.6. The number of aromatic nitrogens is 2. The molecule has 28 heavy (non-hydrogen) atoms. The molecule has 3 aromatic rings. The van der Waals surface area contributed by atoms with E-state index >= 15 is 0 Å². The smallest absolute Gasteiger partial charge is 0.189 e. The first kappa shape index (κ1) is 19.7. The lowest BCUT2D eigenvalue weighted by Crippen LogP contribution is -1.97. The molecular formula is C21H22N4O2S. The van der Waals surface area contributed by atoms with Crippen molar-refractivity contribution in [3.8, 4) is 11.5 Å². The number of benzene rings is 2. The first-order valence-electron chi connectivity index (χ1n) is 8.99. The molecule has 0 spiro atoms. The SMILES string of the molecule is CCCOc1ccc(/C=N\Nc2ccnc(SCc3ccccc3)n2)c(O)c1. The maximum Gasteiger partial charge on any atom is 0.189 e. The van der Waals surface area contributed by atoms with Crippen molar-refractivity contribution in [3.63, 3.8) is 0 Å². The Hall–Kier alpha value is -3.06. The van der Waals surface area contributed by atoms with E-state index < -0.39 is 0 Å². The average Bonchev–Trinajstić information content (AvgIpc) is 2.73. The summed E-state index contributed by atoms with van der Waals surface area (Å²) in [7, 11) is 0. The van der Waals surface area contributed by atoms with Crippen molar-refractivity contribution in [2.75, 3.05) is 12.0 Å². The van der Waals surface area contributed by atoms with Crippen molar-refractivity contribution in [1.29, 1.82) is 0 Å². The molecule has 0 aliphatic heterocycles. The van der Waals surface area contributed by atoms with Gasteiger partial charge in [0.25, 0.3) is 0 Å². The van der Waals surface area contributed by atoms with Crippen molar-refractivity contribution in [1.82, 2.24) is 9.97 Å². The Bertz CT molecular complexity index is 919. The summed E-state index contributed by atoms with van der Waals surface area (Å²) in [6.07, 6.45) is 4.14. The fraction of sp³-hybridized carbons (Fsp3) is 0.190. The number of anilines is 1. The summed E-state index contributed by atoms with van der Waals surface area (Å²) in [5.74, 6) is 2.14. The van der Waals surface area contributed by atoms with Crippen LogP contribution in [0.1, 0.15) is 24.5 Å². The third kappa shape index (κ3) is 5.99. The van der Waals surface area contributed by atoms with Gasteiger partial charge in [-0.2, -0.15) is 5.10 Å². The predicted molar refractivity (Wildman–Crippen MR) is 113 cm³/mol. The maximum atomic E-state index is 10.1. The summed E-state index contributed by atoms with van der Waals surface area (Å²) in [5, 5.41) is 14.9. The van der Waals surface area contributed by atoms with E-state index in [0.717, 1.165) is 12.2 Å². The van der Waals surface area contributed by atoms with E-state index in [4.69, 9.17) is 4.74 Å². The molecule has 2 aromatic carbocycles. The highest BCUT2D eigenvalue weighted by atomic mass is 32.2. The van der Waals surface area contributed by atoms with Crippen molar-refractivity contribution in [2.45, 2.75) is 24.3 Å². The Morgan fingerprint density at radius 3 is 2.82 bits per heavy atom. The van der Waals surface area contributed by atoms with Crippen LogP contribution in [0.5, 0.6) is 11.5 Å². The van der Waals surface area contributed by atoms with Crippen LogP contribution in [0.25, 0.3) is 0 Å².